The fourth-order valence-corrected chi connectivity index (χ4v) is 9.10. The van der Waals surface area contributed by atoms with Gasteiger partial charge in [-0.1, -0.05) is 93.9 Å². The van der Waals surface area contributed by atoms with Gasteiger partial charge in [-0.05, 0) is 85.6 Å². The van der Waals surface area contributed by atoms with Gasteiger partial charge in [0.15, 0.2) is 0 Å². The van der Waals surface area contributed by atoms with E-state index in [-0.39, 0.29) is 68.5 Å². The van der Waals surface area contributed by atoms with Crippen LogP contribution in [0.2, 0.25) is 30.1 Å². The van der Waals surface area contributed by atoms with Gasteiger partial charge in [-0.3, -0.25) is 14.0 Å². The Morgan fingerprint density at radius 3 is 1.39 bits per heavy atom. The fourth-order valence-electron chi connectivity index (χ4n) is 7.42. The molecule has 0 radical (unpaired) electrons. The maximum atomic E-state index is 12.7. The van der Waals surface area contributed by atoms with E-state index < -0.39 is 40.4 Å². The SMILES string of the molecule is CCOC(=O)N1CCN(c2ccc(Cl)cc2Cl)[C@@H](c2ccc(Cl)cc2)[C@H]1COS(C)(=O)=O.[C-]#N.[C-]#[N+]C[C@@H]1[C@H](c2ccc(Cl)cc2)N(c2ccc(Cl)cc2Cl)CCN1C(=O)OCC.[Na+]. The Morgan fingerprint density at radius 1 is 0.656 bits per heavy atom. The van der Waals surface area contributed by atoms with Crippen LogP contribution < -0.4 is 39.4 Å². The van der Waals surface area contributed by atoms with Crippen LogP contribution in [-0.4, -0.2) is 101 Å². The largest absolute Gasteiger partial charge is 1.00 e. The minimum absolute atomic E-state index is 0. The van der Waals surface area contributed by atoms with E-state index >= 15 is 0 Å². The van der Waals surface area contributed by atoms with Crippen molar-refractivity contribution >= 4 is 103 Å². The Hall–Kier alpha value is -3.35. The molecule has 0 aliphatic carbocycles. The quantitative estimate of drug-likeness (QED) is 0.0872. The third-order valence-corrected chi connectivity index (χ3v) is 12.1. The molecule has 13 nitrogen and oxygen atoms in total. The number of halogens is 6. The van der Waals surface area contributed by atoms with E-state index in [1.54, 1.807) is 73.3 Å². The first kappa shape index (κ1) is 55.0. The summed E-state index contributed by atoms with van der Waals surface area (Å²) in [5.41, 5.74) is 3.23. The number of rotatable bonds is 10. The van der Waals surface area contributed by atoms with Crippen LogP contribution in [0.25, 0.3) is 4.85 Å². The van der Waals surface area contributed by atoms with Gasteiger partial charge in [0.1, 0.15) is 6.04 Å². The summed E-state index contributed by atoms with van der Waals surface area (Å²) in [7, 11) is -3.76. The number of carbonyl (C=O) groups excluding carboxylic acids is 2. The fraction of sp³-hybridized carbons (Fsp3) is 0.349. The average Bonchev–Trinajstić information content (AvgIpc) is 3.24. The molecule has 4 atom stereocenters. The second kappa shape index (κ2) is 26.1. The molecular weight excluding hydrogens is 980 g/mol. The zero-order chi connectivity index (χ0) is 46.4. The van der Waals surface area contributed by atoms with E-state index in [9.17, 15) is 18.0 Å². The summed E-state index contributed by atoms with van der Waals surface area (Å²) in [6.07, 6.45) is 0.00716. The molecule has 336 valence electrons. The summed E-state index contributed by atoms with van der Waals surface area (Å²) < 4.78 is 39.2. The second-order valence-corrected chi connectivity index (χ2v) is 18.0. The molecule has 2 amide bonds. The number of piperazine rings is 2. The molecule has 4 aromatic carbocycles. The topological polar surface area (TPSA) is 137 Å². The molecule has 0 aromatic heterocycles. The minimum Gasteiger partial charge on any atom is -0.512 e. The number of carbonyl (C=O) groups is 2. The Morgan fingerprint density at radius 2 is 1.03 bits per heavy atom. The number of amides is 2. The van der Waals surface area contributed by atoms with Crippen molar-refractivity contribution in [2.24, 2.45) is 0 Å². The monoisotopic (exact) mass is 1020 g/mol. The maximum Gasteiger partial charge on any atom is 1.00 e. The summed E-state index contributed by atoms with van der Waals surface area (Å²) in [5, 5.41) is 9.40. The van der Waals surface area contributed by atoms with Gasteiger partial charge in [-0.15, -0.1) is 0 Å². The summed E-state index contributed by atoms with van der Waals surface area (Å²) in [6, 6.07) is 23.1. The number of anilines is 2. The molecule has 4 aromatic rings. The predicted molar refractivity (Wildman–Crippen MR) is 248 cm³/mol. The molecule has 0 spiro atoms. The van der Waals surface area contributed by atoms with E-state index in [0.29, 0.717) is 55.5 Å². The van der Waals surface area contributed by atoms with E-state index in [4.69, 9.17) is 102 Å². The van der Waals surface area contributed by atoms with Crippen LogP contribution in [0.4, 0.5) is 21.0 Å². The van der Waals surface area contributed by atoms with Gasteiger partial charge in [0.25, 0.3) is 10.1 Å². The molecule has 64 heavy (non-hydrogen) atoms. The van der Waals surface area contributed by atoms with E-state index in [1.165, 1.54) is 4.90 Å². The first-order chi connectivity index (χ1) is 30.1. The number of hydrogen-bond acceptors (Lipinski definition) is 10. The second-order valence-electron chi connectivity index (χ2n) is 13.8. The Bertz CT molecular complexity index is 2360. The van der Waals surface area contributed by atoms with Crippen molar-refractivity contribution < 1.29 is 61.2 Å². The van der Waals surface area contributed by atoms with Crippen molar-refractivity contribution in [2.45, 2.75) is 38.0 Å². The zero-order valence-corrected chi connectivity index (χ0v) is 42.6. The standard InChI is InChI=1S/C21H20Cl3N3O2.C21H23Cl3N2O5S.CN.Na/c1-3-29-21(28)27-11-10-26(18-9-8-16(23)12-17(18)24)20(19(27)13-25-2)14-4-6-15(22)7-5-14;1-3-30-21(27)26-11-10-25(18-9-8-16(23)12-17(18)24)20(14-4-6-15(22)7-5-14)19(26)13-31-32(2,28)29;1-2;/h4-9,12,19-20H,3,10-11,13H2,1H3;4-9,12,19-20H,3,10-11,13H2,1-2H3;;/q;;-1;+1/t2*19-,20+;;/m11../s1. The van der Waals surface area contributed by atoms with Crippen LogP contribution in [0.3, 0.4) is 0 Å². The molecule has 6 rings (SSSR count). The normalized spacial score (nSPS) is 18.2. The third-order valence-electron chi connectivity index (χ3n) is 9.96. The summed E-state index contributed by atoms with van der Waals surface area (Å²) >= 11 is 37.3. The minimum atomic E-state index is -3.76. The number of nitrogens with zero attached hydrogens (tertiary/aromatic N) is 6. The van der Waals surface area contributed by atoms with Crippen LogP contribution in [0.5, 0.6) is 0 Å². The van der Waals surface area contributed by atoms with Gasteiger partial charge >= 0.3 is 41.7 Å². The van der Waals surface area contributed by atoms with E-state index in [2.05, 4.69) is 9.74 Å². The molecule has 2 heterocycles. The molecule has 0 saturated carbocycles. The summed E-state index contributed by atoms with van der Waals surface area (Å²) in [4.78, 5) is 36.2. The van der Waals surface area contributed by atoms with Crippen molar-refractivity contribution in [1.29, 1.82) is 5.26 Å². The first-order valence-electron chi connectivity index (χ1n) is 19.3. The number of hydrogen-bond donors (Lipinski definition) is 0. The van der Waals surface area contributed by atoms with Crippen molar-refractivity contribution in [3.63, 3.8) is 0 Å². The van der Waals surface area contributed by atoms with Gasteiger partial charge in [-0.2, -0.15) is 8.42 Å². The molecule has 2 aliphatic heterocycles. The smallest absolute Gasteiger partial charge is 0.512 e. The molecule has 2 aliphatic rings. The van der Waals surface area contributed by atoms with Gasteiger partial charge in [0.05, 0.1) is 65.6 Å². The van der Waals surface area contributed by atoms with E-state index in [1.807, 2.05) is 35.2 Å². The van der Waals surface area contributed by atoms with Crippen LogP contribution in [0, 0.1) is 18.4 Å². The molecular formula is C43H43Cl6N6NaO7S. The van der Waals surface area contributed by atoms with E-state index in [0.717, 1.165) is 23.1 Å². The summed E-state index contributed by atoms with van der Waals surface area (Å²) in [5.74, 6) is 0. The van der Waals surface area contributed by atoms with Crippen LogP contribution in [-0.2, 0) is 23.8 Å². The molecule has 0 unspecified atom stereocenters. The predicted octanol–water partition coefficient (Wildman–Crippen LogP) is 8.07. The van der Waals surface area contributed by atoms with Gasteiger partial charge < -0.3 is 36.0 Å². The first-order valence-corrected chi connectivity index (χ1v) is 23.4. The molecule has 0 N–H and O–H groups in total. The third kappa shape index (κ3) is 14.6. The molecule has 2 fully saturated rings. The van der Waals surface area contributed by atoms with Crippen LogP contribution in [0.15, 0.2) is 84.9 Å². The molecule has 21 heteroatoms. The Kier molecular flexibility index (Phi) is 22.4. The summed E-state index contributed by atoms with van der Waals surface area (Å²) in [6.45, 7) is 17.7. The maximum absolute atomic E-state index is 12.7. The van der Waals surface area contributed by atoms with Gasteiger partial charge in [-0.25, -0.2) is 16.2 Å². The van der Waals surface area contributed by atoms with Crippen molar-refractivity contribution in [1.82, 2.24) is 9.80 Å². The van der Waals surface area contributed by atoms with Crippen molar-refractivity contribution in [2.75, 3.05) is 68.6 Å². The van der Waals surface area contributed by atoms with Crippen LogP contribution >= 0.6 is 69.6 Å². The van der Waals surface area contributed by atoms with Gasteiger partial charge in [0.2, 0.25) is 6.54 Å². The number of benzene rings is 4. The Balaban J connectivity index is 0.000000324. The van der Waals surface area contributed by atoms with Crippen LogP contribution in [0.1, 0.15) is 37.1 Å². The molecule has 0 bridgehead atoms. The molecule has 2 saturated heterocycles. The van der Waals surface area contributed by atoms with Crippen molar-refractivity contribution in [3.05, 3.63) is 144 Å². The van der Waals surface area contributed by atoms with Gasteiger partial charge in [0, 0.05) is 46.3 Å². The zero-order valence-electron chi connectivity index (χ0n) is 35.3. The van der Waals surface area contributed by atoms with Crippen molar-refractivity contribution in [3.8, 4) is 0 Å². The number of ether oxygens (including phenoxy) is 2. The Labute approximate surface area is 426 Å². The average molecular weight is 1020 g/mol.